The van der Waals surface area contributed by atoms with Gasteiger partial charge in [-0.3, -0.25) is 0 Å². The van der Waals surface area contributed by atoms with Crippen LogP contribution in [0.15, 0.2) is 50.1 Å². The van der Waals surface area contributed by atoms with Crippen molar-refractivity contribution < 1.29 is 5.11 Å². The minimum absolute atomic E-state index is 0.276. The van der Waals surface area contributed by atoms with Crippen LogP contribution < -0.4 is 0 Å². The maximum atomic E-state index is 11.0. The molecule has 0 aromatic heterocycles. The highest BCUT2D eigenvalue weighted by molar-refractivity contribution is 5.30. The van der Waals surface area contributed by atoms with E-state index in [4.69, 9.17) is 0 Å². The number of fused-ring (bicyclic) bond motifs is 5. The van der Waals surface area contributed by atoms with E-state index in [0.29, 0.717) is 30.1 Å². The lowest BCUT2D eigenvalue weighted by Crippen LogP contribution is -2.37. The van der Waals surface area contributed by atoms with Crippen molar-refractivity contribution in [2.45, 2.75) is 18.4 Å². The van der Waals surface area contributed by atoms with Gasteiger partial charge in [0, 0.05) is 11.8 Å². The molecule has 0 heterocycles. The number of aliphatic hydroxyl groups is 1. The van der Waals surface area contributed by atoms with Crippen molar-refractivity contribution in [2.24, 2.45) is 35.5 Å². The molecule has 7 atom stereocenters. The van der Waals surface area contributed by atoms with Gasteiger partial charge in [-0.25, -0.2) is 0 Å². The summed E-state index contributed by atoms with van der Waals surface area (Å²) in [5, 5.41) is 11.0. The monoisotopic (exact) mass is 242 g/mol. The Morgan fingerprint density at radius 3 is 1.94 bits per heavy atom. The Balaban J connectivity index is 2.01. The lowest BCUT2D eigenvalue weighted by molar-refractivity contribution is -0.00829. The molecule has 2 bridgehead atoms. The zero-order valence-electron chi connectivity index (χ0n) is 10.8. The van der Waals surface area contributed by atoms with Crippen molar-refractivity contribution in [3.8, 4) is 0 Å². The molecular weight excluding hydrogens is 220 g/mol. The second-order valence-corrected chi connectivity index (χ2v) is 6.11. The first-order chi connectivity index (χ1) is 8.67. The molecule has 0 spiro atoms. The highest BCUT2D eigenvalue weighted by atomic mass is 16.3. The van der Waals surface area contributed by atoms with Crippen LogP contribution in [0.1, 0.15) is 12.8 Å². The summed E-state index contributed by atoms with van der Waals surface area (Å²) in [7, 11) is 0. The van der Waals surface area contributed by atoms with E-state index in [0.717, 1.165) is 6.42 Å². The van der Waals surface area contributed by atoms with Gasteiger partial charge in [-0.2, -0.15) is 0 Å². The minimum atomic E-state index is -0.597. The summed E-state index contributed by atoms with van der Waals surface area (Å²) >= 11 is 0. The van der Waals surface area contributed by atoms with Crippen LogP contribution in [-0.4, -0.2) is 10.7 Å². The topological polar surface area (TPSA) is 20.2 Å². The van der Waals surface area contributed by atoms with Crippen LogP contribution in [0.25, 0.3) is 0 Å². The van der Waals surface area contributed by atoms with Crippen LogP contribution in [0.4, 0.5) is 0 Å². The molecule has 3 rings (SSSR count). The molecule has 18 heavy (non-hydrogen) atoms. The minimum Gasteiger partial charge on any atom is -0.388 e. The third-order valence-electron chi connectivity index (χ3n) is 5.56. The fraction of sp³-hybridized carbons (Fsp3) is 0.529. The van der Waals surface area contributed by atoms with Crippen LogP contribution in [0.3, 0.4) is 0 Å². The van der Waals surface area contributed by atoms with E-state index in [-0.39, 0.29) is 11.8 Å². The first-order valence-electron chi connectivity index (χ1n) is 6.94. The zero-order valence-corrected chi connectivity index (χ0v) is 10.8. The van der Waals surface area contributed by atoms with Crippen LogP contribution in [0, 0.1) is 35.5 Å². The summed E-state index contributed by atoms with van der Waals surface area (Å²) in [5.41, 5.74) is -0.597. The molecule has 0 saturated heterocycles. The molecule has 3 unspecified atom stereocenters. The maximum Gasteiger partial charge on any atom is 0.0812 e. The van der Waals surface area contributed by atoms with Crippen molar-refractivity contribution in [2.75, 3.05) is 0 Å². The molecule has 2 saturated carbocycles. The van der Waals surface area contributed by atoms with Crippen molar-refractivity contribution in [1.29, 1.82) is 0 Å². The summed E-state index contributed by atoms with van der Waals surface area (Å²) in [5.74, 6) is 2.69. The summed E-state index contributed by atoms with van der Waals surface area (Å²) in [4.78, 5) is 0. The summed E-state index contributed by atoms with van der Waals surface area (Å²) in [6.07, 6.45) is 12.3. The molecule has 3 aliphatic rings. The van der Waals surface area contributed by atoms with Gasteiger partial charge >= 0.3 is 0 Å². The number of hydrogen-bond donors (Lipinski definition) is 1. The van der Waals surface area contributed by atoms with Crippen LogP contribution in [-0.2, 0) is 0 Å². The van der Waals surface area contributed by atoms with Crippen LogP contribution in [0.2, 0.25) is 0 Å². The Morgan fingerprint density at radius 2 is 1.56 bits per heavy atom. The molecule has 96 valence electrons. The zero-order chi connectivity index (χ0) is 12.9. The number of allylic oxidation sites excluding steroid dienone is 2. The van der Waals surface area contributed by atoms with Gasteiger partial charge in [0.2, 0.25) is 0 Å². The number of rotatable bonds is 4. The molecule has 0 radical (unpaired) electrons. The largest absolute Gasteiger partial charge is 0.388 e. The Hall–Kier alpha value is -1.08. The molecule has 1 heteroatoms. The lowest BCUT2D eigenvalue weighted by atomic mass is 9.79. The van der Waals surface area contributed by atoms with E-state index in [2.05, 4.69) is 44.0 Å². The summed E-state index contributed by atoms with van der Waals surface area (Å²) in [6, 6.07) is 0. The van der Waals surface area contributed by atoms with Gasteiger partial charge in [0.25, 0.3) is 0 Å². The van der Waals surface area contributed by atoms with Crippen LogP contribution in [0.5, 0.6) is 0 Å². The van der Waals surface area contributed by atoms with Crippen LogP contribution >= 0.6 is 0 Å². The van der Waals surface area contributed by atoms with E-state index in [1.807, 2.05) is 6.08 Å². The van der Waals surface area contributed by atoms with Gasteiger partial charge in [0.15, 0.2) is 0 Å². The average Bonchev–Trinajstić information content (AvgIpc) is 2.96. The van der Waals surface area contributed by atoms with E-state index in [1.165, 1.54) is 0 Å². The Kier molecular flexibility index (Phi) is 2.63. The smallest absolute Gasteiger partial charge is 0.0812 e. The van der Waals surface area contributed by atoms with Gasteiger partial charge < -0.3 is 5.11 Å². The normalized spacial score (nSPS) is 52.3. The Bertz CT molecular complexity index is 389. The van der Waals surface area contributed by atoms with Crippen molar-refractivity contribution in [1.82, 2.24) is 0 Å². The predicted molar refractivity (Wildman–Crippen MR) is 74.9 cm³/mol. The molecule has 0 aromatic carbocycles. The third-order valence-corrected chi connectivity index (χ3v) is 5.56. The van der Waals surface area contributed by atoms with E-state index in [1.54, 1.807) is 0 Å². The molecule has 0 amide bonds. The first-order valence-corrected chi connectivity index (χ1v) is 6.94. The molecule has 0 aromatic rings. The Labute approximate surface area is 110 Å². The second kappa shape index (κ2) is 3.96. The standard InChI is InChI=1S/C17H22O/c1-4-9-17(18)13-7-8-14(17)16-12(6-3)10-11(5-2)15(13)16/h4-8,11-16,18H,1-3,9-10H2/t11-,12+,13?,14?,15-,16+,17?. The van der Waals surface area contributed by atoms with Gasteiger partial charge in [-0.05, 0) is 36.5 Å². The maximum absolute atomic E-state index is 11.0. The fourth-order valence-corrected chi connectivity index (χ4v) is 4.94. The summed E-state index contributed by atoms with van der Waals surface area (Å²) in [6.45, 7) is 11.8. The van der Waals surface area contributed by atoms with Gasteiger partial charge in [-0.15, -0.1) is 19.7 Å². The van der Waals surface area contributed by atoms with Crippen molar-refractivity contribution >= 4 is 0 Å². The third kappa shape index (κ3) is 1.26. The molecule has 2 fully saturated rings. The van der Waals surface area contributed by atoms with E-state index >= 15 is 0 Å². The van der Waals surface area contributed by atoms with Gasteiger partial charge in [0.05, 0.1) is 5.60 Å². The van der Waals surface area contributed by atoms with Gasteiger partial charge in [-0.1, -0.05) is 30.4 Å². The second-order valence-electron chi connectivity index (χ2n) is 6.11. The summed E-state index contributed by atoms with van der Waals surface area (Å²) < 4.78 is 0. The SMILES string of the molecule is C=CCC1(O)C2C=CC1[C@H]1[C@@H]2[C@H](C=C)C[C@@H]1C=C. The molecule has 1 N–H and O–H groups in total. The number of hydrogen-bond acceptors (Lipinski definition) is 1. The fourth-order valence-electron chi connectivity index (χ4n) is 4.94. The molecule has 0 aliphatic heterocycles. The van der Waals surface area contributed by atoms with E-state index < -0.39 is 5.60 Å². The average molecular weight is 242 g/mol. The highest BCUT2D eigenvalue weighted by Gasteiger charge is 2.64. The lowest BCUT2D eigenvalue weighted by Gasteiger charge is -2.31. The quantitative estimate of drug-likeness (QED) is 0.750. The highest BCUT2D eigenvalue weighted by Crippen LogP contribution is 2.65. The first kappa shape index (κ1) is 12.0. The van der Waals surface area contributed by atoms with E-state index in [9.17, 15) is 5.11 Å². The Morgan fingerprint density at radius 1 is 1.06 bits per heavy atom. The molecule has 3 aliphatic carbocycles. The van der Waals surface area contributed by atoms with Crippen molar-refractivity contribution in [3.05, 3.63) is 50.1 Å². The van der Waals surface area contributed by atoms with Gasteiger partial charge in [0.1, 0.15) is 0 Å². The predicted octanol–water partition coefficient (Wildman–Crippen LogP) is 3.35. The molecular formula is C17H22O. The van der Waals surface area contributed by atoms with Crippen molar-refractivity contribution in [3.63, 3.8) is 0 Å². The molecule has 1 nitrogen and oxygen atoms in total.